The van der Waals surface area contributed by atoms with E-state index in [1.54, 1.807) is 6.92 Å². The quantitative estimate of drug-likeness (QED) is 0.162. The molecular formula is C29H44F2O4. The normalized spacial score (nSPS) is 22.6. The third-order valence-corrected chi connectivity index (χ3v) is 7.15. The molecule has 1 fully saturated rings. The van der Waals surface area contributed by atoms with Gasteiger partial charge in [-0.25, -0.2) is 8.78 Å². The van der Waals surface area contributed by atoms with E-state index in [4.69, 9.17) is 4.74 Å². The molecule has 0 saturated heterocycles. The van der Waals surface area contributed by atoms with Crippen LogP contribution < -0.4 is 0 Å². The third kappa shape index (κ3) is 9.30. The van der Waals surface area contributed by atoms with E-state index in [0.717, 1.165) is 5.56 Å². The van der Waals surface area contributed by atoms with Gasteiger partial charge in [-0.05, 0) is 68.3 Å². The van der Waals surface area contributed by atoms with Crippen molar-refractivity contribution in [3.05, 3.63) is 48.0 Å². The van der Waals surface area contributed by atoms with Gasteiger partial charge in [0.25, 0.3) is 5.92 Å². The van der Waals surface area contributed by atoms with Gasteiger partial charge in [0.05, 0.1) is 6.10 Å². The first-order valence-electron chi connectivity index (χ1n) is 13.2. The van der Waals surface area contributed by atoms with Crippen molar-refractivity contribution in [2.75, 3.05) is 0 Å². The molecule has 6 heteroatoms. The van der Waals surface area contributed by atoms with Crippen LogP contribution in [0.15, 0.2) is 42.5 Å². The number of halogens is 2. The van der Waals surface area contributed by atoms with Gasteiger partial charge < -0.3 is 14.9 Å². The van der Waals surface area contributed by atoms with Gasteiger partial charge in [0.15, 0.2) is 0 Å². The Bertz CT molecular complexity index is 765. The lowest BCUT2D eigenvalue weighted by atomic mass is 9.73. The predicted octanol–water partition coefficient (Wildman–Crippen LogP) is 6.69. The summed E-state index contributed by atoms with van der Waals surface area (Å²) in [5.74, 6) is -4.85. The van der Waals surface area contributed by atoms with Crippen molar-refractivity contribution in [2.24, 2.45) is 23.7 Å². The van der Waals surface area contributed by atoms with Crippen LogP contribution in [-0.4, -0.2) is 34.3 Å². The van der Waals surface area contributed by atoms with Crippen molar-refractivity contribution < 1.29 is 28.5 Å². The van der Waals surface area contributed by atoms with E-state index in [9.17, 15) is 15.0 Å². The first-order valence-corrected chi connectivity index (χ1v) is 13.2. The lowest BCUT2D eigenvalue weighted by molar-refractivity contribution is -0.172. The summed E-state index contributed by atoms with van der Waals surface area (Å²) in [6, 6.07) is 9.54. The molecule has 0 spiro atoms. The van der Waals surface area contributed by atoms with Crippen LogP contribution in [0.1, 0.15) is 84.1 Å². The first kappa shape index (κ1) is 29.4. The zero-order valence-corrected chi connectivity index (χ0v) is 21.5. The summed E-state index contributed by atoms with van der Waals surface area (Å²) in [6.45, 7) is 5.93. The molecule has 0 aliphatic heterocycles. The zero-order valence-electron chi connectivity index (χ0n) is 21.5. The van der Waals surface area contributed by atoms with Crippen LogP contribution in [0.25, 0.3) is 0 Å². The number of aliphatic hydroxyl groups excluding tert-OH is 2. The summed E-state index contributed by atoms with van der Waals surface area (Å²) in [5, 5.41) is 20.8. The lowest BCUT2D eigenvalue weighted by Gasteiger charge is -2.38. The van der Waals surface area contributed by atoms with Gasteiger partial charge in [0.2, 0.25) is 0 Å². The second kappa shape index (κ2) is 14.7. The highest BCUT2D eigenvalue weighted by atomic mass is 19.3. The fourth-order valence-electron chi connectivity index (χ4n) is 5.29. The number of alkyl halides is 2. The SMILES string of the molecule is CCCC(O)C(F)(F)C(CC(C)C)[C@@H]1CC[C@H](O)[C@@H]1CC=CCCCC(=O)OCc1ccccc1. The molecule has 1 saturated carbocycles. The predicted molar refractivity (Wildman–Crippen MR) is 135 cm³/mol. The van der Waals surface area contributed by atoms with Gasteiger partial charge in [-0.15, -0.1) is 0 Å². The molecule has 0 bridgehead atoms. The summed E-state index contributed by atoms with van der Waals surface area (Å²) >= 11 is 0. The highest BCUT2D eigenvalue weighted by molar-refractivity contribution is 5.69. The Morgan fingerprint density at radius 2 is 1.91 bits per heavy atom. The van der Waals surface area contributed by atoms with Gasteiger partial charge >= 0.3 is 5.97 Å². The number of ether oxygens (including phenoxy) is 1. The first-order chi connectivity index (χ1) is 16.7. The van der Waals surface area contributed by atoms with Gasteiger partial charge in [0.1, 0.15) is 12.7 Å². The number of carbonyl (C=O) groups is 1. The average molecular weight is 495 g/mol. The Kier molecular flexibility index (Phi) is 12.4. The van der Waals surface area contributed by atoms with Gasteiger partial charge in [-0.3, -0.25) is 4.79 Å². The molecule has 4 nitrogen and oxygen atoms in total. The monoisotopic (exact) mass is 494 g/mol. The number of rotatable bonds is 15. The largest absolute Gasteiger partial charge is 0.461 e. The minimum absolute atomic E-state index is 0.0786. The van der Waals surface area contributed by atoms with E-state index < -0.39 is 24.0 Å². The van der Waals surface area contributed by atoms with E-state index in [1.807, 2.05) is 56.3 Å². The Hall–Kier alpha value is -1.79. The Labute approximate surface area is 209 Å². The van der Waals surface area contributed by atoms with Crippen molar-refractivity contribution in [1.29, 1.82) is 0 Å². The molecule has 0 radical (unpaired) electrons. The molecule has 35 heavy (non-hydrogen) atoms. The zero-order chi connectivity index (χ0) is 25.8. The van der Waals surface area contributed by atoms with E-state index in [1.165, 1.54) is 0 Å². The maximum atomic E-state index is 15.3. The fraction of sp³-hybridized carbons (Fsp3) is 0.690. The molecule has 198 valence electrons. The van der Waals surface area contributed by atoms with Crippen molar-refractivity contribution in [3.63, 3.8) is 0 Å². The number of hydrogen-bond donors (Lipinski definition) is 2. The van der Waals surface area contributed by atoms with Crippen LogP contribution in [0.5, 0.6) is 0 Å². The molecule has 2 rings (SSSR count). The molecular weight excluding hydrogens is 450 g/mol. The van der Waals surface area contributed by atoms with E-state index in [2.05, 4.69) is 0 Å². The number of esters is 1. The molecule has 0 heterocycles. The Morgan fingerprint density at radius 1 is 1.20 bits per heavy atom. The second-order valence-electron chi connectivity index (χ2n) is 10.4. The third-order valence-electron chi connectivity index (χ3n) is 7.15. The number of hydrogen-bond acceptors (Lipinski definition) is 4. The standard InChI is InChI=1S/C29H44F2O4/c1-4-12-27(33)29(30,31)25(19-21(2)3)23-17-18-26(32)24(23)15-10-5-6-11-16-28(34)35-20-22-13-8-7-9-14-22/h5,7-10,13-14,21,23-27,32-33H,4,6,11-12,15-20H2,1-3H3/t23-,24-,25?,26+,27?/m1/s1. The topological polar surface area (TPSA) is 66.8 Å². The van der Waals surface area contributed by atoms with Crippen LogP contribution in [0.4, 0.5) is 8.78 Å². The Balaban J connectivity index is 1.86. The molecule has 0 amide bonds. The minimum Gasteiger partial charge on any atom is -0.461 e. The number of allylic oxidation sites excluding steroid dienone is 2. The highest BCUT2D eigenvalue weighted by Gasteiger charge is 2.53. The second-order valence-corrected chi connectivity index (χ2v) is 10.4. The van der Waals surface area contributed by atoms with Crippen molar-refractivity contribution >= 4 is 5.97 Å². The van der Waals surface area contributed by atoms with Crippen LogP contribution in [-0.2, 0) is 16.1 Å². The smallest absolute Gasteiger partial charge is 0.306 e. The molecule has 1 aromatic carbocycles. The summed E-state index contributed by atoms with van der Waals surface area (Å²) in [5.41, 5.74) is 0.953. The van der Waals surface area contributed by atoms with E-state index in [0.29, 0.717) is 51.4 Å². The Morgan fingerprint density at radius 3 is 2.57 bits per heavy atom. The van der Waals surface area contributed by atoms with Crippen LogP contribution in [0.2, 0.25) is 0 Å². The summed E-state index contributed by atoms with van der Waals surface area (Å²) in [6.07, 6.45) is 5.84. The van der Waals surface area contributed by atoms with Gasteiger partial charge in [-0.1, -0.05) is 69.7 Å². The number of carbonyl (C=O) groups excluding carboxylic acids is 1. The molecule has 1 aromatic rings. The van der Waals surface area contributed by atoms with Crippen LogP contribution in [0.3, 0.4) is 0 Å². The van der Waals surface area contributed by atoms with Crippen LogP contribution >= 0.6 is 0 Å². The molecule has 2 N–H and O–H groups in total. The van der Waals surface area contributed by atoms with E-state index in [-0.39, 0.29) is 36.8 Å². The number of benzene rings is 1. The molecule has 2 unspecified atom stereocenters. The highest BCUT2D eigenvalue weighted by Crippen LogP contribution is 2.49. The number of unbranched alkanes of at least 4 members (excludes halogenated alkanes) is 1. The van der Waals surface area contributed by atoms with Gasteiger partial charge in [-0.2, -0.15) is 0 Å². The fourth-order valence-corrected chi connectivity index (χ4v) is 5.29. The number of aliphatic hydroxyl groups is 2. The van der Waals surface area contributed by atoms with Gasteiger partial charge in [0, 0.05) is 12.3 Å². The summed E-state index contributed by atoms with van der Waals surface area (Å²) in [7, 11) is 0. The van der Waals surface area contributed by atoms with E-state index >= 15 is 8.78 Å². The van der Waals surface area contributed by atoms with Crippen molar-refractivity contribution in [2.45, 2.75) is 103 Å². The lowest BCUT2D eigenvalue weighted by Crippen LogP contribution is -2.46. The molecule has 0 aromatic heterocycles. The maximum Gasteiger partial charge on any atom is 0.306 e. The molecule has 1 aliphatic carbocycles. The van der Waals surface area contributed by atoms with Crippen molar-refractivity contribution in [3.8, 4) is 0 Å². The summed E-state index contributed by atoms with van der Waals surface area (Å²) in [4.78, 5) is 11.9. The maximum absolute atomic E-state index is 15.3. The minimum atomic E-state index is -3.17. The molecule has 5 atom stereocenters. The average Bonchev–Trinajstić information content (AvgIpc) is 3.18. The van der Waals surface area contributed by atoms with Crippen LogP contribution in [0, 0.1) is 23.7 Å². The summed E-state index contributed by atoms with van der Waals surface area (Å²) < 4.78 is 35.9. The van der Waals surface area contributed by atoms with Crippen molar-refractivity contribution in [1.82, 2.24) is 0 Å². The molecule has 1 aliphatic rings.